The van der Waals surface area contributed by atoms with Gasteiger partial charge in [-0.05, 0) is 24.6 Å². The summed E-state index contributed by atoms with van der Waals surface area (Å²) in [4.78, 5) is 12.1. The molecule has 0 spiro atoms. The van der Waals surface area contributed by atoms with Crippen molar-refractivity contribution in [1.29, 1.82) is 0 Å². The van der Waals surface area contributed by atoms with E-state index >= 15 is 0 Å². The highest BCUT2D eigenvalue weighted by Crippen LogP contribution is 2.41. The van der Waals surface area contributed by atoms with Crippen LogP contribution in [0.3, 0.4) is 0 Å². The SMILES string of the molecule is COC(=O)C1c2cccc(F)c2NC2CCNCC21. The zero-order valence-corrected chi connectivity index (χ0v) is 10.8. The number of benzene rings is 1. The van der Waals surface area contributed by atoms with Crippen LogP contribution in [0.5, 0.6) is 0 Å². The Morgan fingerprint density at radius 3 is 3.11 bits per heavy atom. The first-order valence-corrected chi connectivity index (χ1v) is 6.56. The molecule has 1 aromatic carbocycles. The molecule has 3 rings (SSSR count). The molecule has 4 nitrogen and oxygen atoms in total. The van der Waals surface area contributed by atoms with E-state index in [9.17, 15) is 9.18 Å². The van der Waals surface area contributed by atoms with Crippen molar-refractivity contribution in [3.8, 4) is 0 Å². The van der Waals surface area contributed by atoms with Gasteiger partial charge in [0, 0.05) is 18.5 Å². The average Bonchev–Trinajstić information content (AvgIpc) is 2.45. The number of para-hydroxylation sites is 1. The lowest BCUT2D eigenvalue weighted by atomic mass is 9.75. The number of esters is 1. The number of piperidine rings is 1. The normalized spacial score (nSPS) is 28.8. The van der Waals surface area contributed by atoms with Gasteiger partial charge in [-0.3, -0.25) is 4.79 Å². The Labute approximate surface area is 111 Å². The molecule has 102 valence electrons. The molecule has 0 amide bonds. The van der Waals surface area contributed by atoms with E-state index in [1.54, 1.807) is 12.1 Å². The first-order valence-electron chi connectivity index (χ1n) is 6.56. The summed E-state index contributed by atoms with van der Waals surface area (Å²) in [7, 11) is 1.38. The van der Waals surface area contributed by atoms with Crippen molar-refractivity contribution < 1.29 is 13.9 Å². The van der Waals surface area contributed by atoms with Crippen molar-refractivity contribution >= 4 is 11.7 Å². The molecule has 0 bridgehead atoms. The van der Waals surface area contributed by atoms with Gasteiger partial charge in [-0.2, -0.15) is 0 Å². The van der Waals surface area contributed by atoms with Crippen LogP contribution in [-0.2, 0) is 9.53 Å². The maximum atomic E-state index is 13.9. The van der Waals surface area contributed by atoms with Crippen molar-refractivity contribution in [3.05, 3.63) is 29.6 Å². The number of halogens is 1. The summed E-state index contributed by atoms with van der Waals surface area (Å²) >= 11 is 0. The lowest BCUT2D eigenvalue weighted by Crippen LogP contribution is -2.51. The molecule has 5 heteroatoms. The number of carbonyl (C=O) groups is 1. The van der Waals surface area contributed by atoms with Crippen LogP contribution in [0.4, 0.5) is 10.1 Å². The number of anilines is 1. The average molecular weight is 264 g/mol. The third-order valence-corrected chi connectivity index (χ3v) is 4.12. The molecule has 2 N–H and O–H groups in total. The van der Waals surface area contributed by atoms with Crippen LogP contribution < -0.4 is 10.6 Å². The lowest BCUT2D eigenvalue weighted by molar-refractivity contribution is -0.144. The van der Waals surface area contributed by atoms with Gasteiger partial charge in [0.25, 0.3) is 0 Å². The first kappa shape index (κ1) is 12.4. The van der Waals surface area contributed by atoms with E-state index in [2.05, 4.69) is 10.6 Å². The summed E-state index contributed by atoms with van der Waals surface area (Å²) in [6.45, 7) is 1.62. The minimum atomic E-state index is -0.394. The molecule has 3 unspecified atom stereocenters. The molecule has 3 atom stereocenters. The molecule has 0 saturated carbocycles. The molecule has 2 aliphatic heterocycles. The fourth-order valence-corrected chi connectivity index (χ4v) is 3.21. The van der Waals surface area contributed by atoms with E-state index in [1.165, 1.54) is 13.2 Å². The highest BCUT2D eigenvalue weighted by Gasteiger charge is 2.43. The molecule has 19 heavy (non-hydrogen) atoms. The van der Waals surface area contributed by atoms with Crippen LogP contribution >= 0.6 is 0 Å². The number of methoxy groups -OCH3 is 1. The molecular formula is C14H17FN2O2. The Balaban J connectivity index is 2.08. The number of fused-ring (bicyclic) bond motifs is 2. The summed E-state index contributed by atoms with van der Waals surface area (Å²) in [6, 6.07) is 4.98. The molecule has 2 heterocycles. The third kappa shape index (κ3) is 1.98. The van der Waals surface area contributed by atoms with Gasteiger partial charge >= 0.3 is 5.97 Å². The number of hydrogen-bond donors (Lipinski definition) is 2. The van der Waals surface area contributed by atoms with Gasteiger partial charge in [0.1, 0.15) is 5.82 Å². The van der Waals surface area contributed by atoms with E-state index in [1.807, 2.05) is 0 Å². The van der Waals surface area contributed by atoms with E-state index in [0.717, 1.165) is 19.5 Å². The van der Waals surface area contributed by atoms with Crippen LogP contribution in [0.15, 0.2) is 18.2 Å². The molecule has 0 radical (unpaired) electrons. The fraction of sp³-hybridized carbons (Fsp3) is 0.500. The Bertz CT molecular complexity index is 506. The van der Waals surface area contributed by atoms with E-state index in [4.69, 9.17) is 4.74 Å². The standard InChI is InChI=1S/C14H17FN2O2/c1-19-14(18)12-8-3-2-4-10(15)13(8)17-11-5-6-16-7-9(11)12/h2-4,9,11-12,16-17H,5-7H2,1H3. The monoisotopic (exact) mass is 264 g/mol. The number of ether oxygens (including phenoxy) is 1. The topological polar surface area (TPSA) is 50.4 Å². The third-order valence-electron chi connectivity index (χ3n) is 4.12. The Hall–Kier alpha value is -1.62. The maximum Gasteiger partial charge on any atom is 0.313 e. The van der Waals surface area contributed by atoms with Crippen molar-refractivity contribution in [2.75, 3.05) is 25.5 Å². The van der Waals surface area contributed by atoms with Crippen molar-refractivity contribution in [3.63, 3.8) is 0 Å². The van der Waals surface area contributed by atoms with Crippen molar-refractivity contribution in [2.45, 2.75) is 18.4 Å². The summed E-state index contributed by atoms with van der Waals surface area (Å²) in [5.74, 6) is -0.874. The smallest absolute Gasteiger partial charge is 0.313 e. The lowest BCUT2D eigenvalue weighted by Gasteiger charge is -2.42. The van der Waals surface area contributed by atoms with E-state index in [0.29, 0.717) is 11.3 Å². The second-order valence-corrected chi connectivity index (χ2v) is 5.11. The second kappa shape index (κ2) is 4.81. The van der Waals surface area contributed by atoms with E-state index < -0.39 is 5.92 Å². The zero-order valence-electron chi connectivity index (χ0n) is 10.8. The number of carbonyl (C=O) groups excluding carboxylic acids is 1. The predicted molar refractivity (Wildman–Crippen MR) is 69.5 cm³/mol. The van der Waals surface area contributed by atoms with Gasteiger partial charge in [-0.1, -0.05) is 12.1 Å². The molecule has 1 fully saturated rings. The van der Waals surface area contributed by atoms with Crippen LogP contribution in [0.1, 0.15) is 17.9 Å². The van der Waals surface area contributed by atoms with Gasteiger partial charge in [0.2, 0.25) is 0 Å². The molecule has 1 aromatic rings. The summed E-state index contributed by atoms with van der Waals surface area (Å²) in [5, 5.41) is 6.55. The highest BCUT2D eigenvalue weighted by atomic mass is 19.1. The Morgan fingerprint density at radius 2 is 2.32 bits per heavy atom. The number of hydrogen-bond acceptors (Lipinski definition) is 4. The fourth-order valence-electron chi connectivity index (χ4n) is 3.21. The van der Waals surface area contributed by atoms with Crippen LogP contribution in [0, 0.1) is 11.7 Å². The summed E-state index contributed by atoms with van der Waals surface area (Å²) in [5.41, 5.74) is 1.16. The minimum absolute atomic E-state index is 0.107. The first-order chi connectivity index (χ1) is 9.22. The van der Waals surface area contributed by atoms with Gasteiger partial charge in [0.15, 0.2) is 0 Å². The zero-order chi connectivity index (χ0) is 13.4. The Morgan fingerprint density at radius 1 is 1.47 bits per heavy atom. The number of nitrogens with one attached hydrogen (secondary N) is 2. The van der Waals surface area contributed by atoms with Crippen molar-refractivity contribution in [2.24, 2.45) is 5.92 Å². The van der Waals surface area contributed by atoms with Crippen LogP contribution in [-0.4, -0.2) is 32.2 Å². The van der Waals surface area contributed by atoms with Gasteiger partial charge in [0.05, 0.1) is 18.7 Å². The number of rotatable bonds is 1. The van der Waals surface area contributed by atoms with Gasteiger partial charge < -0.3 is 15.4 Å². The predicted octanol–water partition coefficient (Wildman–Crippen LogP) is 1.49. The summed E-state index contributed by atoms with van der Waals surface area (Å²) < 4.78 is 18.9. The van der Waals surface area contributed by atoms with Gasteiger partial charge in [-0.15, -0.1) is 0 Å². The van der Waals surface area contributed by atoms with E-state index in [-0.39, 0.29) is 23.7 Å². The van der Waals surface area contributed by atoms with Gasteiger partial charge in [-0.25, -0.2) is 4.39 Å². The summed E-state index contributed by atoms with van der Waals surface area (Å²) in [6.07, 6.45) is 0.881. The molecular weight excluding hydrogens is 247 g/mol. The minimum Gasteiger partial charge on any atom is -0.469 e. The highest BCUT2D eigenvalue weighted by molar-refractivity contribution is 5.82. The maximum absolute atomic E-state index is 13.9. The van der Waals surface area contributed by atoms with Crippen LogP contribution in [0.2, 0.25) is 0 Å². The molecule has 0 aliphatic carbocycles. The second-order valence-electron chi connectivity index (χ2n) is 5.11. The molecule has 0 aromatic heterocycles. The Kier molecular flexibility index (Phi) is 3.14. The quantitative estimate of drug-likeness (QED) is 0.754. The molecule has 2 aliphatic rings. The van der Waals surface area contributed by atoms with Crippen molar-refractivity contribution in [1.82, 2.24) is 5.32 Å². The largest absolute Gasteiger partial charge is 0.469 e. The van der Waals surface area contributed by atoms with Crippen LogP contribution in [0.25, 0.3) is 0 Å². The molecule has 1 saturated heterocycles.